The first-order valence-electron chi connectivity index (χ1n) is 8.23. The Hall–Kier alpha value is -2.79. The van der Waals surface area contributed by atoms with Crippen LogP contribution in [-0.2, 0) is 0 Å². The van der Waals surface area contributed by atoms with E-state index in [0.717, 1.165) is 48.7 Å². The highest BCUT2D eigenvalue weighted by molar-refractivity contribution is 5.78. The van der Waals surface area contributed by atoms with Crippen LogP contribution < -0.4 is 10.2 Å². The van der Waals surface area contributed by atoms with E-state index in [1.807, 2.05) is 48.5 Å². The highest BCUT2D eigenvalue weighted by Crippen LogP contribution is 2.29. The lowest BCUT2D eigenvalue weighted by Crippen LogP contribution is -2.44. The Bertz CT molecular complexity index is 799. The van der Waals surface area contributed by atoms with Crippen molar-refractivity contribution in [3.05, 3.63) is 60.7 Å². The van der Waals surface area contributed by atoms with Crippen LogP contribution in [0.4, 0.5) is 5.95 Å². The Labute approximate surface area is 141 Å². The van der Waals surface area contributed by atoms with Crippen molar-refractivity contribution in [2.75, 3.05) is 31.1 Å². The number of aromatic nitrogens is 3. The van der Waals surface area contributed by atoms with Crippen LogP contribution in [0.3, 0.4) is 0 Å². The molecule has 0 saturated carbocycles. The molecule has 24 heavy (non-hydrogen) atoms. The smallest absolute Gasteiger partial charge is 0.246 e. The second kappa shape index (κ2) is 6.76. The number of benzene rings is 2. The number of nitrogens with zero attached hydrogens (tertiary/aromatic N) is 4. The van der Waals surface area contributed by atoms with Gasteiger partial charge in [-0.2, -0.15) is 0 Å². The average Bonchev–Trinajstić information content (AvgIpc) is 2.69. The summed E-state index contributed by atoms with van der Waals surface area (Å²) in [5, 5.41) is 12.3. The van der Waals surface area contributed by atoms with Crippen LogP contribution in [-0.4, -0.2) is 41.4 Å². The molecule has 2 aromatic carbocycles. The van der Waals surface area contributed by atoms with Gasteiger partial charge < -0.3 is 10.2 Å². The Morgan fingerprint density at radius 1 is 0.708 bits per heavy atom. The lowest BCUT2D eigenvalue weighted by molar-refractivity contribution is 0.577. The number of anilines is 1. The van der Waals surface area contributed by atoms with Crippen molar-refractivity contribution in [1.82, 2.24) is 20.5 Å². The average molecular weight is 317 g/mol. The summed E-state index contributed by atoms with van der Waals surface area (Å²) in [6, 6.07) is 20.3. The van der Waals surface area contributed by atoms with Crippen molar-refractivity contribution in [2.45, 2.75) is 0 Å². The molecule has 1 N–H and O–H groups in total. The van der Waals surface area contributed by atoms with Gasteiger partial charge in [-0.25, -0.2) is 4.98 Å². The van der Waals surface area contributed by atoms with Crippen molar-refractivity contribution >= 4 is 5.95 Å². The van der Waals surface area contributed by atoms with Crippen molar-refractivity contribution < 1.29 is 0 Å². The molecule has 0 bridgehead atoms. The van der Waals surface area contributed by atoms with Gasteiger partial charge in [-0.05, 0) is 0 Å². The molecule has 1 aliphatic rings. The lowest BCUT2D eigenvalue weighted by Gasteiger charge is -2.27. The van der Waals surface area contributed by atoms with Gasteiger partial charge in [0.1, 0.15) is 11.4 Å². The molecule has 0 atom stereocenters. The van der Waals surface area contributed by atoms with E-state index in [1.54, 1.807) is 0 Å². The van der Waals surface area contributed by atoms with Crippen LogP contribution in [0.25, 0.3) is 22.5 Å². The van der Waals surface area contributed by atoms with E-state index in [2.05, 4.69) is 32.5 Å². The van der Waals surface area contributed by atoms with Crippen LogP contribution in [0.2, 0.25) is 0 Å². The number of hydrogen-bond donors (Lipinski definition) is 1. The standard InChI is InChI=1S/C19H19N5/c1-3-7-15(8-4-1)17-18(16-9-5-2-6-10-16)22-23-19(21-17)24-13-11-20-12-14-24/h1-10,20H,11-14H2. The second-order valence-electron chi connectivity index (χ2n) is 5.78. The fraction of sp³-hybridized carbons (Fsp3) is 0.211. The van der Waals surface area contributed by atoms with Gasteiger partial charge in [0.25, 0.3) is 0 Å². The zero-order valence-electron chi connectivity index (χ0n) is 13.4. The predicted octanol–water partition coefficient (Wildman–Crippen LogP) is 2.62. The third-order valence-corrected chi connectivity index (χ3v) is 4.17. The number of hydrogen-bond acceptors (Lipinski definition) is 5. The molecular weight excluding hydrogens is 298 g/mol. The minimum Gasteiger partial charge on any atom is -0.337 e. The summed E-state index contributed by atoms with van der Waals surface area (Å²) >= 11 is 0. The molecule has 0 aliphatic carbocycles. The van der Waals surface area contributed by atoms with Crippen LogP contribution >= 0.6 is 0 Å². The van der Waals surface area contributed by atoms with Gasteiger partial charge in [-0.3, -0.25) is 0 Å². The maximum Gasteiger partial charge on any atom is 0.246 e. The molecule has 0 unspecified atom stereocenters. The lowest BCUT2D eigenvalue weighted by atomic mass is 10.0. The minimum absolute atomic E-state index is 0.704. The van der Waals surface area contributed by atoms with Crippen molar-refractivity contribution in [3.63, 3.8) is 0 Å². The molecule has 1 fully saturated rings. The zero-order chi connectivity index (χ0) is 16.2. The Morgan fingerprint density at radius 2 is 1.29 bits per heavy atom. The van der Waals surface area contributed by atoms with Crippen molar-refractivity contribution in [1.29, 1.82) is 0 Å². The minimum atomic E-state index is 0.704. The van der Waals surface area contributed by atoms with Gasteiger partial charge in [-0.15, -0.1) is 10.2 Å². The maximum absolute atomic E-state index is 4.87. The summed E-state index contributed by atoms with van der Waals surface area (Å²) < 4.78 is 0. The quantitative estimate of drug-likeness (QED) is 0.805. The summed E-state index contributed by atoms with van der Waals surface area (Å²) in [7, 11) is 0. The summed E-state index contributed by atoms with van der Waals surface area (Å²) in [6.07, 6.45) is 0. The van der Waals surface area contributed by atoms with E-state index in [-0.39, 0.29) is 0 Å². The van der Waals surface area contributed by atoms with Crippen molar-refractivity contribution in [2.24, 2.45) is 0 Å². The molecule has 1 aromatic heterocycles. The normalized spacial score (nSPS) is 14.6. The first kappa shape index (κ1) is 14.8. The molecule has 0 spiro atoms. The SMILES string of the molecule is c1ccc(-c2nnc(N3CCNCC3)nc2-c2ccccc2)cc1. The van der Waals surface area contributed by atoms with E-state index < -0.39 is 0 Å². The van der Waals surface area contributed by atoms with Gasteiger partial charge in [0.05, 0.1) is 0 Å². The molecule has 1 aliphatic heterocycles. The van der Waals surface area contributed by atoms with Crippen LogP contribution in [0.5, 0.6) is 0 Å². The summed E-state index contributed by atoms with van der Waals surface area (Å²) in [5.41, 5.74) is 3.79. The molecular formula is C19H19N5. The molecule has 120 valence electrons. The largest absolute Gasteiger partial charge is 0.337 e. The van der Waals surface area contributed by atoms with E-state index >= 15 is 0 Å². The highest BCUT2D eigenvalue weighted by atomic mass is 15.3. The first-order valence-corrected chi connectivity index (χ1v) is 8.23. The molecule has 2 heterocycles. The van der Waals surface area contributed by atoms with Gasteiger partial charge in [-0.1, -0.05) is 60.7 Å². The molecule has 0 radical (unpaired) electrons. The predicted molar refractivity (Wildman–Crippen MR) is 95.8 cm³/mol. The summed E-state index contributed by atoms with van der Waals surface area (Å²) in [5.74, 6) is 0.704. The molecule has 4 rings (SSSR count). The van der Waals surface area contributed by atoms with Gasteiger partial charge >= 0.3 is 0 Å². The highest BCUT2D eigenvalue weighted by Gasteiger charge is 2.18. The Kier molecular flexibility index (Phi) is 4.16. The van der Waals surface area contributed by atoms with Crippen molar-refractivity contribution in [3.8, 4) is 22.5 Å². The first-order chi connectivity index (χ1) is 11.9. The fourth-order valence-corrected chi connectivity index (χ4v) is 2.90. The monoisotopic (exact) mass is 317 g/mol. The van der Waals surface area contributed by atoms with E-state index in [1.165, 1.54) is 0 Å². The summed E-state index contributed by atoms with van der Waals surface area (Å²) in [6.45, 7) is 3.70. The van der Waals surface area contributed by atoms with Crippen LogP contribution in [0, 0.1) is 0 Å². The van der Waals surface area contributed by atoms with E-state index in [9.17, 15) is 0 Å². The molecule has 5 nitrogen and oxygen atoms in total. The summed E-state index contributed by atoms with van der Waals surface area (Å²) in [4.78, 5) is 7.05. The van der Waals surface area contributed by atoms with Gasteiger partial charge in [0.2, 0.25) is 5.95 Å². The zero-order valence-corrected chi connectivity index (χ0v) is 13.4. The second-order valence-corrected chi connectivity index (χ2v) is 5.78. The number of piperazine rings is 1. The fourth-order valence-electron chi connectivity index (χ4n) is 2.90. The van der Waals surface area contributed by atoms with Gasteiger partial charge in [0.15, 0.2) is 0 Å². The number of nitrogens with one attached hydrogen (secondary N) is 1. The third kappa shape index (κ3) is 2.98. The Balaban J connectivity index is 1.82. The number of rotatable bonds is 3. The topological polar surface area (TPSA) is 53.9 Å². The molecule has 3 aromatic rings. The van der Waals surface area contributed by atoms with Crippen LogP contribution in [0.15, 0.2) is 60.7 Å². The van der Waals surface area contributed by atoms with E-state index in [4.69, 9.17) is 4.98 Å². The molecule has 0 amide bonds. The van der Waals surface area contributed by atoms with E-state index in [0.29, 0.717) is 5.95 Å². The maximum atomic E-state index is 4.87. The van der Waals surface area contributed by atoms with Crippen LogP contribution in [0.1, 0.15) is 0 Å². The third-order valence-electron chi connectivity index (χ3n) is 4.17. The molecule has 5 heteroatoms. The molecule has 1 saturated heterocycles. The van der Waals surface area contributed by atoms with Gasteiger partial charge in [0, 0.05) is 37.3 Å². The Morgan fingerprint density at radius 3 is 1.92 bits per heavy atom.